The molecule has 0 aromatic rings. The number of unbranched alkanes of at least 4 members (excludes halogenated alkanes) is 1. The van der Waals surface area contributed by atoms with Gasteiger partial charge in [-0.15, -0.1) is 0 Å². The molecule has 7 atom stereocenters. The number of rotatable bonds is 5. The molecule has 4 nitrogen and oxygen atoms in total. The average Bonchev–Trinajstić information content (AvgIpc) is 2.78. The quantitative estimate of drug-likeness (QED) is 0.411. The van der Waals surface area contributed by atoms with E-state index in [9.17, 15) is 15.0 Å². The Bertz CT molecular complexity index is 889. The minimum absolute atomic E-state index is 0.0150. The second kappa shape index (κ2) is 12.2. The Labute approximate surface area is 198 Å². The Morgan fingerprint density at radius 1 is 1.09 bits per heavy atom. The van der Waals surface area contributed by atoms with E-state index in [0.29, 0.717) is 0 Å². The fourth-order valence-corrected chi connectivity index (χ4v) is 4.99. The molecule has 3 aliphatic rings. The molecular weight excluding hydrogens is 410 g/mol. The summed E-state index contributed by atoms with van der Waals surface area (Å²) in [6.45, 7) is 6.21. The number of nitrogens with one attached hydrogen (secondary N) is 1. The van der Waals surface area contributed by atoms with Crippen molar-refractivity contribution >= 4 is 5.91 Å². The molecule has 0 bridgehead atoms. The van der Waals surface area contributed by atoms with Crippen LogP contribution in [0.5, 0.6) is 0 Å². The molecule has 0 unspecified atom stereocenters. The SMILES string of the molecule is CCCC=CC=CC[C@@H]1C[C@@H]2C=CC(C)=C[C@@H]3C=C[C@H](O)[C@H](O)[C@H]3C(C)=CC=C[C@H]2C(=O)N1. The van der Waals surface area contributed by atoms with Crippen LogP contribution >= 0.6 is 0 Å². The first-order chi connectivity index (χ1) is 15.9. The van der Waals surface area contributed by atoms with Gasteiger partial charge in [0.15, 0.2) is 0 Å². The highest BCUT2D eigenvalue weighted by Gasteiger charge is 2.35. The van der Waals surface area contributed by atoms with E-state index in [-0.39, 0.29) is 35.6 Å². The van der Waals surface area contributed by atoms with Crippen molar-refractivity contribution in [3.05, 3.63) is 84.1 Å². The molecule has 1 saturated heterocycles. The van der Waals surface area contributed by atoms with Crippen LogP contribution in [0.15, 0.2) is 84.1 Å². The predicted octanol–water partition coefficient (Wildman–Crippen LogP) is 4.95. The average molecular weight is 450 g/mol. The lowest BCUT2D eigenvalue weighted by Crippen LogP contribution is -2.47. The maximum absolute atomic E-state index is 13.0. The van der Waals surface area contributed by atoms with Crippen LogP contribution in [-0.2, 0) is 4.79 Å². The molecule has 3 N–H and O–H groups in total. The van der Waals surface area contributed by atoms with Crippen molar-refractivity contribution in [1.82, 2.24) is 5.32 Å². The highest BCUT2D eigenvalue weighted by Crippen LogP contribution is 2.34. The minimum Gasteiger partial charge on any atom is -0.389 e. The lowest BCUT2D eigenvalue weighted by molar-refractivity contribution is -0.127. The molecule has 1 amide bonds. The van der Waals surface area contributed by atoms with Gasteiger partial charge in [-0.1, -0.05) is 97.4 Å². The third-order valence-corrected chi connectivity index (χ3v) is 6.85. The summed E-state index contributed by atoms with van der Waals surface area (Å²) in [5.41, 5.74) is 2.09. The number of allylic oxidation sites excluding steroid dienone is 10. The largest absolute Gasteiger partial charge is 0.389 e. The van der Waals surface area contributed by atoms with Crippen molar-refractivity contribution < 1.29 is 15.0 Å². The van der Waals surface area contributed by atoms with Crippen LogP contribution < -0.4 is 5.32 Å². The number of amides is 1. The van der Waals surface area contributed by atoms with E-state index in [1.165, 1.54) is 0 Å². The van der Waals surface area contributed by atoms with Crippen molar-refractivity contribution in [2.75, 3.05) is 0 Å². The lowest BCUT2D eigenvalue weighted by atomic mass is 9.75. The Balaban J connectivity index is 1.81. The zero-order chi connectivity index (χ0) is 23.8. The van der Waals surface area contributed by atoms with E-state index in [1.807, 2.05) is 31.2 Å². The second-order valence-corrected chi connectivity index (χ2v) is 9.55. The van der Waals surface area contributed by atoms with E-state index in [0.717, 1.165) is 36.8 Å². The molecule has 2 aliphatic carbocycles. The maximum Gasteiger partial charge on any atom is 0.227 e. The number of carbonyl (C=O) groups is 1. The maximum atomic E-state index is 13.0. The van der Waals surface area contributed by atoms with Crippen molar-refractivity contribution in [2.24, 2.45) is 23.7 Å². The van der Waals surface area contributed by atoms with Gasteiger partial charge in [0.2, 0.25) is 5.91 Å². The summed E-state index contributed by atoms with van der Waals surface area (Å²) in [4.78, 5) is 13.0. The summed E-state index contributed by atoms with van der Waals surface area (Å²) in [5, 5.41) is 24.0. The van der Waals surface area contributed by atoms with Crippen LogP contribution in [0.2, 0.25) is 0 Å². The van der Waals surface area contributed by atoms with Gasteiger partial charge < -0.3 is 15.5 Å². The van der Waals surface area contributed by atoms with Crippen LogP contribution in [0.25, 0.3) is 0 Å². The molecule has 1 heterocycles. The summed E-state index contributed by atoms with van der Waals surface area (Å²) >= 11 is 0. The standard InChI is InChI=1S/C29H39NO3/c1-4-5-6-7-8-9-12-24-19-22-15-14-20(2)18-23-16-17-26(31)28(32)27(23)21(3)11-10-13-25(22)29(33)30-24/h6-11,13-18,22-28,31-32H,4-5,12,19H2,1-3H3,(H,30,33)/t22-,23-,24+,25+,26-,27-,28-/m0/s1. The van der Waals surface area contributed by atoms with Crippen LogP contribution in [0.4, 0.5) is 0 Å². The Morgan fingerprint density at radius 2 is 1.88 bits per heavy atom. The van der Waals surface area contributed by atoms with Gasteiger partial charge in [0.25, 0.3) is 0 Å². The molecule has 3 rings (SSSR count). The Kier molecular flexibility index (Phi) is 9.28. The summed E-state index contributed by atoms with van der Waals surface area (Å²) in [7, 11) is 0. The summed E-state index contributed by atoms with van der Waals surface area (Å²) in [6, 6.07) is 0.129. The summed E-state index contributed by atoms with van der Waals surface area (Å²) in [5.74, 6) is -0.215. The number of hydrogen-bond donors (Lipinski definition) is 3. The van der Waals surface area contributed by atoms with E-state index in [4.69, 9.17) is 0 Å². The Morgan fingerprint density at radius 3 is 2.67 bits per heavy atom. The number of aliphatic hydroxyl groups excluding tert-OH is 2. The molecule has 0 spiro atoms. The number of hydrogen-bond acceptors (Lipinski definition) is 3. The predicted molar refractivity (Wildman–Crippen MR) is 135 cm³/mol. The Hall–Kier alpha value is -2.43. The first kappa shape index (κ1) is 25.2. The third-order valence-electron chi connectivity index (χ3n) is 6.85. The first-order valence-electron chi connectivity index (χ1n) is 12.3. The van der Waals surface area contributed by atoms with Gasteiger partial charge in [-0.05, 0) is 39.0 Å². The zero-order valence-electron chi connectivity index (χ0n) is 20.1. The van der Waals surface area contributed by atoms with E-state index < -0.39 is 12.2 Å². The van der Waals surface area contributed by atoms with E-state index in [1.54, 1.807) is 6.08 Å². The highest BCUT2D eigenvalue weighted by molar-refractivity contribution is 5.82. The summed E-state index contributed by atoms with van der Waals surface area (Å²) in [6.07, 6.45) is 26.7. The van der Waals surface area contributed by atoms with Crippen LogP contribution in [0.3, 0.4) is 0 Å². The molecule has 4 heteroatoms. The third kappa shape index (κ3) is 6.78. The van der Waals surface area contributed by atoms with E-state index >= 15 is 0 Å². The number of aliphatic hydroxyl groups is 2. The monoisotopic (exact) mass is 449 g/mol. The normalized spacial score (nSPS) is 34.8. The van der Waals surface area contributed by atoms with E-state index in [2.05, 4.69) is 61.7 Å². The van der Waals surface area contributed by atoms with Gasteiger partial charge >= 0.3 is 0 Å². The van der Waals surface area contributed by atoms with Crippen molar-refractivity contribution in [2.45, 2.75) is 64.7 Å². The fourth-order valence-electron chi connectivity index (χ4n) is 4.99. The second-order valence-electron chi connectivity index (χ2n) is 9.55. The molecule has 1 fully saturated rings. The topological polar surface area (TPSA) is 69.6 Å². The first-order valence-corrected chi connectivity index (χ1v) is 12.3. The summed E-state index contributed by atoms with van der Waals surface area (Å²) < 4.78 is 0. The number of piperidine rings is 1. The molecular formula is C29H39NO3. The molecule has 0 aromatic heterocycles. The molecule has 33 heavy (non-hydrogen) atoms. The minimum atomic E-state index is -0.864. The molecule has 0 radical (unpaired) electrons. The lowest BCUT2D eigenvalue weighted by Gasteiger charge is -2.35. The van der Waals surface area contributed by atoms with Gasteiger partial charge in [0.1, 0.15) is 0 Å². The zero-order valence-corrected chi connectivity index (χ0v) is 20.1. The van der Waals surface area contributed by atoms with Crippen molar-refractivity contribution in [3.8, 4) is 0 Å². The fraction of sp³-hybridized carbons (Fsp3) is 0.483. The van der Waals surface area contributed by atoms with Crippen LogP contribution in [0.1, 0.15) is 46.5 Å². The molecule has 1 aliphatic heterocycles. The van der Waals surface area contributed by atoms with Crippen LogP contribution in [0, 0.1) is 23.7 Å². The van der Waals surface area contributed by atoms with Gasteiger partial charge in [-0.3, -0.25) is 4.79 Å². The van der Waals surface area contributed by atoms with Gasteiger partial charge in [-0.2, -0.15) is 0 Å². The highest BCUT2D eigenvalue weighted by atomic mass is 16.3. The molecule has 178 valence electrons. The molecule has 0 saturated carbocycles. The van der Waals surface area contributed by atoms with Crippen LogP contribution in [-0.4, -0.2) is 34.4 Å². The van der Waals surface area contributed by atoms with Gasteiger partial charge in [-0.25, -0.2) is 0 Å². The smallest absolute Gasteiger partial charge is 0.227 e. The van der Waals surface area contributed by atoms with Gasteiger partial charge in [0.05, 0.1) is 18.1 Å². The molecule has 0 aromatic carbocycles. The number of fused-ring (bicyclic) bond motifs is 2. The van der Waals surface area contributed by atoms with Crippen molar-refractivity contribution in [3.63, 3.8) is 0 Å². The van der Waals surface area contributed by atoms with Gasteiger partial charge in [0, 0.05) is 17.9 Å². The number of carbonyl (C=O) groups excluding carboxylic acids is 1. The van der Waals surface area contributed by atoms with Crippen molar-refractivity contribution in [1.29, 1.82) is 0 Å².